The van der Waals surface area contributed by atoms with Crippen molar-refractivity contribution >= 4 is 0 Å². The van der Waals surface area contributed by atoms with Crippen molar-refractivity contribution in [2.45, 2.75) is 45.6 Å². The summed E-state index contributed by atoms with van der Waals surface area (Å²) in [6.07, 6.45) is 5.66. The van der Waals surface area contributed by atoms with Gasteiger partial charge in [-0.15, -0.1) is 0 Å². The monoisotopic (exact) mass is 141 g/mol. The van der Waals surface area contributed by atoms with E-state index in [0.717, 1.165) is 18.5 Å². The van der Waals surface area contributed by atoms with Crippen LogP contribution in [0.2, 0.25) is 0 Å². The van der Waals surface area contributed by atoms with Crippen LogP contribution in [0.15, 0.2) is 0 Å². The Labute approximate surface area is 64.2 Å². The van der Waals surface area contributed by atoms with Gasteiger partial charge < -0.3 is 5.32 Å². The van der Waals surface area contributed by atoms with Crippen molar-refractivity contribution in [3.63, 3.8) is 0 Å². The zero-order chi connectivity index (χ0) is 7.40. The molecule has 0 aromatic carbocycles. The molecule has 0 aromatic rings. The van der Waals surface area contributed by atoms with Gasteiger partial charge in [-0.05, 0) is 31.7 Å². The Morgan fingerprint density at radius 3 is 2.50 bits per heavy atom. The molecule has 0 radical (unpaired) electrons. The third-order valence-corrected chi connectivity index (χ3v) is 2.54. The molecule has 0 amide bonds. The van der Waals surface area contributed by atoms with Crippen LogP contribution in [-0.2, 0) is 0 Å². The van der Waals surface area contributed by atoms with Crippen LogP contribution in [0, 0.1) is 5.92 Å². The van der Waals surface area contributed by atoms with Crippen molar-refractivity contribution in [2.24, 2.45) is 5.92 Å². The molecule has 60 valence electrons. The second-order valence-corrected chi connectivity index (χ2v) is 3.29. The van der Waals surface area contributed by atoms with Crippen molar-refractivity contribution in [3.8, 4) is 0 Å². The molecule has 10 heavy (non-hydrogen) atoms. The van der Waals surface area contributed by atoms with Gasteiger partial charge >= 0.3 is 0 Å². The first-order chi connectivity index (χ1) is 4.88. The fraction of sp³-hybridized carbons (Fsp3) is 1.00. The molecule has 0 heterocycles. The summed E-state index contributed by atoms with van der Waals surface area (Å²) in [6.45, 7) is 5.62. The van der Waals surface area contributed by atoms with Crippen molar-refractivity contribution in [3.05, 3.63) is 0 Å². The largest absolute Gasteiger partial charge is 0.314 e. The maximum atomic E-state index is 3.52. The van der Waals surface area contributed by atoms with Crippen LogP contribution in [0.1, 0.15) is 39.5 Å². The Kier molecular flexibility index (Phi) is 3.20. The van der Waals surface area contributed by atoms with Crippen LogP contribution in [0.25, 0.3) is 0 Å². The van der Waals surface area contributed by atoms with Gasteiger partial charge in [-0.1, -0.05) is 20.3 Å². The molecular formula is C9H19N. The van der Waals surface area contributed by atoms with E-state index < -0.39 is 0 Å². The van der Waals surface area contributed by atoms with Gasteiger partial charge in [-0.3, -0.25) is 0 Å². The Morgan fingerprint density at radius 2 is 2.10 bits per heavy atom. The fourth-order valence-electron chi connectivity index (χ4n) is 1.82. The van der Waals surface area contributed by atoms with E-state index in [2.05, 4.69) is 19.2 Å². The molecular weight excluding hydrogens is 122 g/mol. The summed E-state index contributed by atoms with van der Waals surface area (Å²) in [5.74, 6) is 1.00. The van der Waals surface area contributed by atoms with E-state index in [1.807, 2.05) is 0 Å². The molecule has 0 aromatic heterocycles. The summed E-state index contributed by atoms with van der Waals surface area (Å²) >= 11 is 0. The summed E-state index contributed by atoms with van der Waals surface area (Å²) in [6, 6.07) is 0.866. The predicted octanol–water partition coefficient (Wildman–Crippen LogP) is 2.17. The van der Waals surface area contributed by atoms with Crippen LogP contribution in [-0.4, -0.2) is 12.6 Å². The minimum atomic E-state index is 0.866. The zero-order valence-electron chi connectivity index (χ0n) is 7.19. The van der Waals surface area contributed by atoms with Gasteiger partial charge in [-0.2, -0.15) is 0 Å². The predicted molar refractivity (Wildman–Crippen MR) is 45.1 cm³/mol. The Morgan fingerprint density at radius 1 is 1.30 bits per heavy atom. The topological polar surface area (TPSA) is 12.0 Å². The van der Waals surface area contributed by atoms with Crippen molar-refractivity contribution < 1.29 is 0 Å². The first-order valence-electron chi connectivity index (χ1n) is 4.61. The Balaban J connectivity index is 2.09. The van der Waals surface area contributed by atoms with Crippen molar-refractivity contribution in [1.29, 1.82) is 0 Å². The second kappa shape index (κ2) is 3.97. The lowest BCUT2D eigenvalue weighted by atomic mass is 9.77. The number of hydrogen-bond acceptors (Lipinski definition) is 1. The highest BCUT2D eigenvalue weighted by atomic mass is 14.9. The van der Waals surface area contributed by atoms with Gasteiger partial charge in [0, 0.05) is 6.04 Å². The molecule has 1 fully saturated rings. The van der Waals surface area contributed by atoms with Gasteiger partial charge in [0.15, 0.2) is 0 Å². The van der Waals surface area contributed by atoms with E-state index in [9.17, 15) is 0 Å². The zero-order valence-corrected chi connectivity index (χ0v) is 7.19. The lowest BCUT2D eigenvalue weighted by Crippen LogP contribution is -2.43. The summed E-state index contributed by atoms with van der Waals surface area (Å²) < 4.78 is 0. The maximum Gasteiger partial charge on any atom is 0.00953 e. The quantitative estimate of drug-likeness (QED) is 0.632. The van der Waals surface area contributed by atoms with E-state index >= 15 is 0 Å². The molecule has 2 atom stereocenters. The van der Waals surface area contributed by atoms with Gasteiger partial charge in [0.2, 0.25) is 0 Å². The SMILES string of the molecule is CCC[C@H]1CC[C@H]1NCC. The van der Waals surface area contributed by atoms with E-state index in [1.165, 1.54) is 25.7 Å². The lowest BCUT2D eigenvalue weighted by molar-refractivity contribution is 0.199. The highest BCUT2D eigenvalue weighted by Gasteiger charge is 2.28. The highest BCUT2D eigenvalue weighted by Crippen LogP contribution is 2.30. The molecule has 0 spiro atoms. The summed E-state index contributed by atoms with van der Waals surface area (Å²) in [5.41, 5.74) is 0. The fourth-order valence-corrected chi connectivity index (χ4v) is 1.82. The van der Waals surface area contributed by atoms with Gasteiger partial charge in [0.05, 0.1) is 0 Å². The van der Waals surface area contributed by atoms with Gasteiger partial charge in [-0.25, -0.2) is 0 Å². The summed E-state index contributed by atoms with van der Waals surface area (Å²) in [5, 5.41) is 3.52. The smallest absolute Gasteiger partial charge is 0.00953 e. The third-order valence-electron chi connectivity index (χ3n) is 2.54. The van der Waals surface area contributed by atoms with Crippen LogP contribution in [0.5, 0.6) is 0 Å². The maximum absolute atomic E-state index is 3.52. The Bertz CT molecular complexity index is 78.7. The van der Waals surface area contributed by atoms with E-state index in [-0.39, 0.29) is 0 Å². The standard InChI is InChI=1S/C9H19N/c1-3-5-8-6-7-9(8)10-4-2/h8-10H,3-7H2,1-2H3/t8-,9+/m0/s1. The molecule has 0 aliphatic heterocycles. The molecule has 1 nitrogen and oxygen atoms in total. The molecule has 0 saturated heterocycles. The van der Waals surface area contributed by atoms with E-state index in [0.29, 0.717) is 0 Å². The van der Waals surface area contributed by atoms with Crippen molar-refractivity contribution in [2.75, 3.05) is 6.54 Å². The molecule has 1 heteroatoms. The van der Waals surface area contributed by atoms with E-state index in [4.69, 9.17) is 0 Å². The minimum Gasteiger partial charge on any atom is -0.314 e. The highest BCUT2D eigenvalue weighted by molar-refractivity contribution is 4.85. The van der Waals surface area contributed by atoms with Gasteiger partial charge in [0.25, 0.3) is 0 Å². The number of rotatable bonds is 4. The average Bonchev–Trinajstić information content (AvgIpc) is 1.93. The molecule has 1 rings (SSSR count). The molecule has 1 N–H and O–H groups in total. The number of nitrogens with one attached hydrogen (secondary N) is 1. The first-order valence-corrected chi connectivity index (χ1v) is 4.61. The molecule has 1 aliphatic rings. The molecule has 1 saturated carbocycles. The van der Waals surface area contributed by atoms with Crippen LogP contribution >= 0.6 is 0 Å². The number of hydrogen-bond donors (Lipinski definition) is 1. The molecule has 0 bridgehead atoms. The van der Waals surface area contributed by atoms with Crippen LogP contribution < -0.4 is 5.32 Å². The normalized spacial score (nSPS) is 31.8. The first kappa shape index (κ1) is 8.06. The molecule has 0 unspecified atom stereocenters. The summed E-state index contributed by atoms with van der Waals surface area (Å²) in [4.78, 5) is 0. The van der Waals surface area contributed by atoms with E-state index in [1.54, 1.807) is 0 Å². The van der Waals surface area contributed by atoms with Gasteiger partial charge in [0.1, 0.15) is 0 Å². The second-order valence-electron chi connectivity index (χ2n) is 3.29. The summed E-state index contributed by atoms with van der Waals surface area (Å²) in [7, 11) is 0. The molecule has 1 aliphatic carbocycles. The average molecular weight is 141 g/mol. The van der Waals surface area contributed by atoms with Crippen LogP contribution in [0.4, 0.5) is 0 Å². The third kappa shape index (κ3) is 1.72. The van der Waals surface area contributed by atoms with Crippen LogP contribution in [0.3, 0.4) is 0 Å². The lowest BCUT2D eigenvalue weighted by Gasteiger charge is -2.37. The Hall–Kier alpha value is -0.0400. The minimum absolute atomic E-state index is 0.866. The van der Waals surface area contributed by atoms with Crippen molar-refractivity contribution in [1.82, 2.24) is 5.32 Å².